The number of carbonyl (C=O) groups excluding carboxylic acids is 2. The van der Waals surface area contributed by atoms with Crippen molar-refractivity contribution in [3.8, 4) is 17.2 Å². The SMILES string of the molecule is COc1cc(OC)c(C(=O)c2ccccc2[P](=O)C(=O)c2c(C)cc(C)cc2C)c(OC)c1. The fourth-order valence-electron chi connectivity index (χ4n) is 3.94. The van der Waals surface area contributed by atoms with Crippen LogP contribution in [0.4, 0.5) is 0 Å². The van der Waals surface area contributed by atoms with E-state index in [1.165, 1.54) is 21.3 Å². The molecule has 7 heteroatoms. The van der Waals surface area contributed by atoms with Crippen LogP contribution in [0.1, 0.15) is 43.0 Å². The van der Waals surface area contributed by atoms with E-state index in [0.29, 0.717) is 11.3 Å². The number of aryl methyl sites for hydroxylation is 3. The summed E-state index contributed by atoms with van der Waals surface area (Å²) >= 11 is 0. The van der Waals surface area contributed by atoms with Gasteiger partial charge in [0.15, 0.2) is 7.80 Å². The third-order valence-corrected chi connectivity index (χ3v) is 6.81. The summed E-state index contributed by atoms with van der Waals surface area (Å²) in [5, 5.41) is 0.168. The number of hydrogen-bond donors (Lipinski definition) is 0. The Morgan fingerprint density at radius 3 is 1.82 bits per heavy atom. The first-order chi connectivity index (χ1) is 15.7. The molecule has 0 amide bonds. The van der Waals surface area contributed by atoms with Crippen LogP contribution in [0.5, 0.6) is 17.2 Å². The summed E-state index contributed by atoms with van der Waals surface area (Å²) in [6, 6.07) is 13.3. The van der Waals surface area contributed by atoms with Gasteiger partial charge in [0, 0.05) is 23.3 Å². The van der Waals surface area contributed by atoms with Gasteiger partial charge in [-0.25, -0.2) is 0 Å². The highest BCUT2D eigenvalue weighted by Gasteiger charge is 2.29. The maximum absolute atomic E-state index is 13.6. The maximum Gasteiger partial charge on any atom is 0.247 e. The second-order valence-electron chi connectivity index (χ2n) is 7.63. The van der Waals surface area contributed by atoms with E-state index in [2.05, 4.69) is 0 Å². The fraction of sp³-hybridized carbons (Fsp3) is 0.231. The van der Waals surface area contributed by atoms with Crippen molar-refractivity contribution in [2.45, 2.75) is 20.8 Å². The smallest absolute Gasteiger partial charge is 0.247 e. The molecule has 6 nitrogen and oxygen atoms in total. The molecular weight excluding hydrogens is 439 g/mol. The molecule has 0 heterocycles. The lowest BCUT2D eigenvalue weighted by Crippen LogP contribution is -2.17. The van der Waals surface area contributed by atoms with Crippen molar-refractivity contribution >= 4 is 24.4 Å². The van der Waals surface area contributed by atoms with E-state index in [1.807, 2.05) is 32.9 Å². The van der Waals surface area contributed by atoms with Gasteiger partial charge in [0.25, 0.3) is 0 Å². The van der Waals surface area contributed by atoms with Gasteiger partial charge < -0.3 is 14.2 Å². The average molecular weight is 465 g/mol. The summed E-state index contributed by atoms with van der Waals surface area (Å²) in [5.41, 5.74) is 2.75. The number of benzene rings is 3. The molecule has 33 heavy (non-hydrogen) atoms. The Morgan fingerprint density at radius 2 is 1.30 bits per heavy atom. The average Bonchev–Trinajstić information content (AvgIpc) is 2.81. The highest BCUT2D eigenvalue weighted by molar-refractivity contribution is 7.71. The highest BCUT2D eigenvalue weighted by atomic mass is 31.1. The maximum atomic E-state index is 13.6. The predicted octanol–water partition coefficient (Wildman–Crippen LogP) is 5.16. The Balaban J connectivity index is 2.13. The zero-order chi connectivity index (χ0) is 24.3. The third-order valence-electron chi connectivity index (χ3n) is 5.38. The Labute approximate surface area is 194 Å². The van der Waals surface area contributed by atoms with Crippen LogP contribution in [0.25, 0.3) is 0 Å². The molecular formula is C26H26O6P. The van der Waals surface area contributed by atoms with Crippen molar-refractivity contribution < 1.29 is 28.4 Å². The van der Waals surface area contributed by atoms with Crippen LogP contribution in [0.3, 0.4) is 0 Å². The zero-order valence-corrected chi connectivity index (χ0v) is 20.4. The molecule has 3 aromatic rings. The third kappa shape index (κ3) is 4.67. The molecule has 1 radical (unpaired) electrons. The molecule has 0 bridgehead atoms. The molecule has 171 valence electrons. The number of hydrogen-bond acceptors (Lipinski definition) is 6. The molecule has 0 aromatic heterocycles. The number of ether oxygens (including phenoxy) is 3. The molecule has 0 saturated heterocycles. The number of carbonyl (C=O) groups is 2. The first-order valence-electron chi connectivity index (χ1n) is 10.3. The second kappa shape index (κ2) is 9.97. The van der Waals surface area contributed by atoms with Crippen LogP contribution in [-0.2, 0) is 4.57 Å². The fourth-order valence-corrected chi connectivity index (χ4v) is 5.33. The summed E-state index contributed by atoms with van der Waals surface area (Å²) in [6.07, 6.45) is 0. The van der Waals surface area contributed by atoms with E-state index in [9.17, 15) is 14.2 Å². The largest absolute Gasteiger partial charge is 0.496 e. The molecule has 0 saturated carbocycles. The summed E-state index contributed by atoms with van der Waals surface area (Å²) in [5.74, 6) is 0.492. The lowest BCUT2D eigenvalue weighted by Gasteiger charge is -2.16. The van der Waals surface area contributed by atoms with Crippen LogP contribution in [0.2, 0.25) is 0 Å². The van der Waals surface area contributed by atoms with Gasteiger partial charge >= 0.3 is 0 Å². The van der Waals surface area contributed by atoms with Gasteiger partial charge in [0.2, 0.25) is 11.3 Å². The standard InChI is InChI=1S/C26H26O6P/c1-15-11-16(2)23(17(3)12-15)26(28)33(29)22-10-8-7-9-19(22)25(27)24-20(31-5)13-18(30-4)14-21(24)32-6/h7-14H,1-6H3. The lowest BCUT2D eigenvalue weighted by atomic mass is 10.0. The van der Waals surface area contributed by atoms with Gasteiger partial charge in [-0.15, -0.1) is 0 Å². The van der Waals surface area contributed by atoms with Gasteiger partial charge in [0.05, 0.1) is 26.6 Å². The van der Waals surface area contributed by atoms with Crippen LogP contribution in [0, 0.1) is 20.8 Å². The van der Waals surface area contributed by atoms with E-state index in [-0.39, 0.29) is 27.9 Å². The predicted molar refractivity (Wildman–Crippen MR) is 128 cm³/mol. The molecule has 0 aliphatic carbocycles. The molecule has 3 aromatic carbocycles. The molecule has 1 atom stereocenters. The number of rotatable bonds is 8. The number of methoxy groups -OCH3 is 3. The second-order valence-corrected chi connectivity index (χ2v) is 9.10. The van der Waals surface area contributed by atoms with Crippen molar-refractivity contribution in [1.29, 1.82) is 0 Å². The molecule has 0 N–H and O–H groups in total. The Bertz CT molecular complexity index is 1210. The van der Waals surface area contributed by atoms with E-state index < -0.39 is 19.1 Å². The summed E-state index contributed by atoms with van der Waals surface area (Å²) < 4.78 is 29.5. The van der Waals surface area contributed by atoms with Crippen molar-refractivity contribution in [2.24, 2.45) is 0 Å². The minimum Gasteiger partial charge on any atom is -0.496 e. The Morgan fingerprint density at radius 1 is 0.758 bits per heavy atom. The van der Waals surface area contributed by atoms with Crippen molar-refractivity contribution in [1.82, 2.24) is 0 Å². The van der Waals surface area contributed by atoms with Crippen molar-refractivity contribution in [3.63, 3.8) is 0 Å². The van der Waals surface area contributed by atoms with Gasteiger partial charge in [0.1, 0.15) is 22.8 Å². The van der Waals surface area contributed by atoms with E-state index in [1.54, 1.807) is 36.4 Å². The minimum absolute atomic E-state index is 0.149. The molecule has 0 aliphatic heterocycles. The quantitative estimate of drug-likeness (QED) is 0.338. The molecule has 0 spiro atoms. The van der Waals surface area contributed by atoms with E-state index in [0.717, 1.165) is 16.7 Å². The van der Waals surface area contributed by atoms with Crippen LogP contribution < -0.4 is 19.5 Å². The summed E-state index contributed by atoms with van der Waals surface area (Å²) in [4.78, 5) is 26.9. The topological polar surface area (TPSA) is 78.9 Å². The molecule has 3 rings (SSSR count). The van der Waals surface area contributed by atoms with E-state index >= 15 is 0 Å². The van der Waals surface area contributed by atoms with Gasteiger partial charge in [-0.2, -0.15) is 0 Å². The monoisotopic (exact) mass is 465 g/mol. The lowest BCUT2D eigenvalue weighted by molar-refractivity contribution is 0.103. The Hall–Kier alpha value is -3.50. The molecule has 0 aliphatic rings. The highest BCUT2D eigenvalue weighted by Crippen LogP contribution is 2.37. The minimum atomic E-state index is -2.55. The van der Waals surface area contributed by atoms with Gasteiger partial charge in [-0.1, -0.05) is 29.8 Å². The van der Waals surface area contributed by atoms with E-state index in [4.69, 9.17) is 14.2 Å². The number of ketones is 1. The van der Waals surface area contributed by atoms with Gasteiger partial charge in [-0.05, 0) is 44.0 Å². The summed E-state index contributed by atoms with van der Waals surface area (Å²) in [7, 11) is 1.81. The van der Waals surface area contributed by atoms with Crippen LogP contribution in [0.15, 0.2) is 48.5 Å². The van der Waals surface area contributed by atoms with Crippen molar-refractivity contribution in [3.05, 3.63) is 81.9 Å². The Kier molecular flexibility index (Phi) is 7.29. The first-order valence-corrected chi connectivity index (χ1v) is 11.5. The molecule has 1 unspecified atom stereocenters. The van der Waals surface area contributed by atoms with Gasteiger partial charge in [-0.3, -0.25) is 14.2 Å². The zero-order valence-electron chi connectivity index (χ0n) is 19.5. The summed E-state index contributed by atoms with van der Waals surface area (Å²) in [6.45, 7) is 5.58. The first kappa shape index (κ1) is 24.1. The van der Waals surface area contributed by atoms with Crippen LogP contribution in [-0.4, -0.2) is 32.6 Å². The normalized spacial score (nSPS) is 11.0. The van der Waals surface area contributed by atoms with Crippen LogP contribution >= 0.6 is 7.80 Å². The van der Waals surface area contributed by atoms with Crippen molar-refractivity contribution in [2.75, 3.05) is 21.3 Å². The molecule has 0 fully saturated rings.